The van der Waals surface area contributed by atoms with E-state index in [0.717, 1.165) is 6.07 Å². The molecule has 0 atom stereocenters. The fraction of sp³-hybridized carbons (Fsp3) is 0.150. The monoisotopic (exact) mass is 415 g/mol. The third-order valence-corrected chi connectivity index (χ3v) is 5.22. The summed E-state index contributed by atoms with van der Waals surface area (Å²) in [5.74, 6) is -2.65. The van der Waals surface area contributed by atoms with Crippen molar-refractivity contribution in [1.82, 2.24) is 0 Å². The van der Waals surface area contributed by atoms with Crippen molar-refractivity contribution in [3.63, 3.8) is 0 Å². The summed E-state index contributed by atoms with van der Waals surface area (Å²) < 4.78 is 39.1. The van der Waals surface area contributed by atoms with Gasteiger partial charge in [-0.1, -0.05) is 30.8 Å². The Bertz CT molecular complexity index is 1200. The molecule has 0 amide bonds. The highest BCUT2D eigenvalue weighted by molar-refractivity contribution is 7.86. The van der Waals surface area contributed by atoms with Gasteiger partial charge >= 0.3 is 5.97 Å². The molecule has 0 fully saturated rings. The minimum absolute atomic E-state index is 0.0262. The molecule has 8 nitrogen and oxygen atoms in total. The second-order valence-electron chi connectivity index (χ2n) is 6.38. The van der Waals surface area contributed by atoms with Crippen LogP contribution >= 0.6 is 0 Å². The lowest BCUT2D eigenvalue weighted by Gasteiger charge is -2.23. The second kappa shape index (κ2) is 7.26. The summed E-state index contributed by atoms with van der Waals surface area (Å²) in [6.07, 6.45) is 0. The van der Waals surface area contributed by atoms with E-state index in [9.17, 15) is 27.4 Å². The van der Waals surface area contributed by atoms with Gasteiger partial charge in [0.2, 0.25) is 0 Å². The predicted molar refractivity (Wildman–Crippen MR) is 104 cm³/mol. The van der Waals surface area contributed by atoms with E-state index in [4.69, 9.17) is 4.74 Å². The van der Waals surface area contributed by atoms with Crippen LogP contribution < -0.4 is 10.1 Å². The van der Waals surface area contributed by atoms with Crippen LogP contribution in [0.2, 0.25) is 0 Å². The number of esters is 1. The first-order chi connectivity index (χ1) is 13.6. The Morgan fingerprint density at radius 1 is 1.14 bits per heavy atom. The summed E-state index contributed by atoms with van der Waals surface area (Å²) in [4.78, 5) is 37.3. The standard InChI is InChI=1S/C20H17NO7S/c1-4-21-16-15-13(17(22)11-7-5-6-8-12(11)18(15)23)9-14(19(16)29(25,26)27)28-20(24)10(2)3/h5-9,21H,2,4H2,1,3H3,(H,25,26,27). The van der Waals surface area contributed by atoms with E-state index in [1.54, 1.807) is 19.1 Å². The summed E-state index contributed by atoms with van der Waals surface area (Å²) in [5.41, 5.74) is -0.423. The van der Waals surface area contributed by atoms with Gasteiger partial charge in [-0.05, 0) is 19.9 Å². The average molecular weight is 415 g/mol. The highest BCUT2D eigenvalue weighted by Crippen LogP contribution is 2.41. The Balaban J connectivity index is 2.41. The first kappa shape index (κ1) is 20.4. The number of rotatable bonds is 5. The molecule has 0 unspecified atom stereocenters. The largest absolute Gasteiger partial charge is 0.422 e. The Labute approximate surface area is 166 Å². The highest BCUT2D eigenvalue weighted by atomic mass is 32.2. The number of hydrogen-bond donors (Lipinski definition) is 2. The summed E-state index contributed by atoms with van der Waals surface area (Å²) >= 11 is 0. The predicted octanol–water partition coefficient (Wildman–Crippen LogP) is 2.62. The first-order valence-corrected chi connectivity index (χ1v) is 10.00. The molecule has 0 aliphatic heterocycles. The van der Waals surface area contributed by atoms with E-state index in [0.29, 0.717) is 0 Å². The summed E-state index contributed by atoms with van der Waals surface area (Å²) in [6.45, 7) is 6.57. The van der Waals surface area contributed by atoms with Crippen LogP contribution in [0, 0.1) is 0 Å². The SMILES string of the molecule is C=C(C)C(=O)Oc1cc2c(c(NCC)c1S(=O)(=O)O)C(=O)c1ccccc1C2=O. The zero-order chi connectivity index (χ0) is 21.5. The smallest absolute Gasteiger partial charge is 0.338 e. The van der Waals surface area contributed by atoms with Gasteiger partial charge in [0.15, 0.2) is 22.2 Å². The third-order valence-electron chi connectivity index (χ3n) is 4.30. The lowest BCUT2D eigenvalue weighted by molar-refractivity contribution is -0.130. The van der Waals surface area contributed by atoms with Gasteiger partial charge in [-0.25, -0.2) is 4.79 Å². The number of ketones is 2. The van der Waals surface area contributed by atoms with Gasteiger partial charge in [0.05, 0.1) is 11.3 Å². The van der Waals surface area contributed by atoms with Crippen LogP contribution in [0.5, 0.6) is 5.75 Å². The minimum atomic E-state index is -4.94. The first-order valence-electron chi connectivity index (χ1n) is 8.56. The Morgan fingerprint density at radius 2 is 1.72 bits per heavy atom. The maximum absolute atomic E-state index is 13.1. The number of benzene rings is 2. The Hall–Kier alpha value is -3.30. The Morgan fingerprint density at radius 3 is 2.24 bits per heavy atom. The van der Waals surface area contributed by atoms with Crippen LogP contribution in [-0.2, 0) is 14.9 Å². The van der Waals surface area contributed by atoms with Gasteiger partial charge in [0, 0.05) is 28.8 Å². The van der Waals surface area contributed by atoms with Crippen LogP contribution in [0.3, 0.4) is 0 Å². The van der Waals surface area contributed by atoms with Crippen LogP contribution in [0.25, 0.3) is 0 Å². The normalized spacial score (nSPS) is 12.8. The number of ether oxygens (including phenoxy) is 1. The molecule has 0 spiro atoms. The van der Waals surface area contributed by atoms with E-state index in [-0.39, 0.29) is 40.1 Å². The second-order valence-corrected chi connectivity index (χ2v) is 7.74. The van der Waals surface area contributed by atoms with Crippen molar-refractivity contribution in [1.29, 1.82) is 0 Å². The lowest BCUT2D eigenvalue weighted by atomic mass is 9.83. The van der Waals surface area contributed by atoms with Crippen molar-refractivity contribution in [3.8, 4) is 5.75 Å². The molecule has 29 heavy (non-hydrogen) atoms. The molecule has 0 heterocycles. The number of carbonyl (C=O) groups excluding carboxylic acids is 3. The quantitative estimate of drug-likeness (QED) is 0.282. The van der Waals surface area contributed by atoms with Gasteiger partial charge in [0.25, 0.3) is 10.1 Å². The van der Waals surface area contributed by atoms with Gasteiger partial charge in [-0.15, -0.1) is 0 Å². The van der Waals surface area contributed by atoms with Crippen molar-refractivity contribution >= 4 is 33.3 Å². The van der Waals surface area contributed by atoms with Crippen LogP contribution in [0.4, 0.5) is 5.69 Å². The molecular formula is C20H17NO7S. The van der Waals surface area contributed by atoms with Crippen LogP contribution in [0.15, 0.2) is 47.4 Å². The lowest BCUT2D eigenvalue weighted by Crippen LogP contribution is -2.25. The van der Waals surface area contributed by atoms with Gasteiger partial charge in [-0.3, -0.25) is 14.1 Å². The maximum Gasteiger partial charge on any atom is 0.338 e. The molecule has 0 bridgehead atoms. The topological polar surface area (TPSA) is 127 Å². The van der Waals surface area contributed by atoms with Crippen molar-refractivity contribution < 1.29 is 32.1 Å². The molecule has 1 aliphatic carbocycles. The number of fused-ring (bicyclic) bond motifs is 2. The number of anilines is 1. The fourth-order valence-electron chi connectivity index (χ4n) is 3.08. The Kier molecular flexibility index (Phi) is 5.12. The fourth-order valence-corrected chi connectivity index (χ4v) is 3.87. The number of hydrogen-bond acceptors (Lipinski definition) is 7. The molecule has 2 aromatic rings. The zero-order valence-corrected chi connectivity index (χ0v) is 16.4. The van der Waals surface area contributed by atoms with Gasteiger partial charge in [-0.2, -0.15) is 8.42 Å². The van der Waals surface area contributed by atoms with Crippen molar-refractivity contribution in [3.05, 3.63) is 64.7 Å². The molecule has 0 saturated carbocycles. The highest BCUT2D eigenvalue weighted by Gasteiger charge is 2.37. The van der Waals surface area contributed by atoms with E-state index in [2.05, 4.69) is 11.9 Å². The van der Waals surface area contributed by atoms with E-state index >= 15 is 0 Å². The van der Waals surface area contributed by atoms with Crippen LogP contribution in [-0.4, -0.2) is 37.1 Å². The molecule has 2 N–H and O–H groups in total. The zero-order valence-electron chi connectivity index (χ0n) is 15.6. The maximum atomic E-state index is 13.1. The molecule has 0 saturated heterocycles. The summed E-state index contributed by atoms with van der Waals surface area (Å²) in [5, 5.41) is 2.71. The average Bonchev–Trinajstić information content (AvgIpc) is 2.65. The van der Waals surface area contributed by atoms with E-state index in [1.807, 2.05) is 0 Å². The molecule has 0 radical (unpaired) electrons. The van der Waals surface area contributed by atoms with E-state index < -0.39 is 38.3 Å². The number of nitrogens with one attached hydrogen (secondary N) is 1. The molecule has 1 aliphatic rings. The molecular weight excluding hydrogens is 398 g/mol. The molecule has 3 rings (SSSR count). The van der Waals surface area contributed by atoms with Crippen molar-refractivity contribution in [2.45, 2.75) is 18.7 Å². The summed E-state index contributed by atoms with van der Waals surface area (Å²) in [7, 11) is -4.94. The molecule has 2 aromatic carbocycles. The third kappa shape index (κ3) is 3.45. The van der Waals surface area contributed by atoms with Crippen molar-refractivity contribution in [2.24, 2.45) is 0 Å². The molecule has 9 heteroatoms. The van der Waals surface area contributed by atoms with Gasteiger partial charge < -0.3 is 10.1 Å². The molecule has 0 aromatic heterocycles. The minimum Gasteiger partial charge on any atom is -0.422 e. The van der Waals surface area contributed by atoms with E-state index in [1.165, 1.54) is 19.1 Å². The van der Waals surface area contributed by atoms with Crippen LogP contribution in [0.1, 0.15) is 45.7 Å². The number of carbonyl (C=O) groups is 3. The van der Waals surface area contributed by atoms with Gasteiger partial charge in [0.1, 0.15) is 0 Å². The van der Waals surface area contributed by atoms with Crippen molar-refractivity contribution in [2.75, 3.05) is 11.9 Å². The molecule has 150 valence electrons. The summed E-state index contributed by atoms with van der Waals surface area (Å²) in [6, 6.07) is 7.08.